The van der Waals surface area contributed by atoms with Gasteiger partial charge in [0, 0.05) is 13.0 Å². The maximum Gasteiger partial charge on any atom is 0.222 e. The first-order valence-corrected chi connectivity index (χ1v) is 9.79. The molecule has 0 saturated heterocycles. The summed E-state index contributed by atoms with van der Waals surface area (Å²) in [6, 6.07) is 16.8. The van der Waals surface area contributed by atoms with Crippen LogP contribution in [0.15, 0.2) is 48.5 Å². The molecule has 146 valence electrons. The molecule has 0 aliphatic carbocycles. The fourth-order valence-corrected chi connectivity index (χ4v) is 3.22. The van der Waals surface area contributed by atoms with Gasteiger partial charge in [0.25, 0.3) is 0 Å². The summed E-state index contributed by atoms with van der Waals surface area (Å²) in [7, 11) is 1.67. The summed E-state index contributed by atoms with van der Waals surface area (Å²) in [5.41, 5.74) is 3.83. The monoisotopic (exact) mass is 367 g/mol. The highest BCUT2D eigenvalue weighted by Crippen LogP contribution is 2.27. The van der Waals surface area contributed by atoms with Gasteiger partial charge in [0.05, 0.1) is 13.2 Å². The first kappa shape index (κ1) is 21.0. The van der Waals surface area contributed by atoms with E-state index in [0.717, 1.165) is 12.2 Å². The van der Waals surface area contributed by atoms with Crippen LogP contribution in [-0.4, -0.2) is 24.5 Å². The Bertz CT molecular complexity index is 726. The molecule has 2 aromatic rings. The molecule has 0 aromatic heterocycles. The van der Waals surface area contributed by atoms with Crippen molar-refractivity contribution in [1.82, 2.24) is 4.90 Å². The SMILES string of the molecule is CCC(=O)N(CCc1ccc(OC)cc1)C(C)c1ccc(C(C)(C)C)cc1. The van der Waals surface area contributed by atoms with E-state index in [-0.39, 0.29) is 17.4 Å². The number of nitrogens with zero attached hydrogens (tertiary/aromatic N) is 1. The number of amides is 1. The second kappa shape index (κ2) is 9.07. The van der Waals surface area contributed by atoms with E-state index in [4.69, 9.17) is 4.74 Å². The number of hydrogen-bond donors (Lipinski definition) is 0. The standard InChI is InChI=1S/C24H33NO2/c1-7-23(26)25(17-16-19-8-14-22(27-6)15-9-19)18(2)20-10-12-21(13-11-20)24(3,4)5/h8-15,18H,7,16-17H2,1-6H3. The molecular formula is C24H33NO2. The molecule has 1 unspecified atom stereocenters. The van der Waals surface area contributed by atoms with Crippen molar-refractivity contribution in [2.75, 3.05) is 13.7 Å². The summed E-state index contributed by atoms with van der Waals surface area (Å²) < 4.78 is 5.22. The highest BCUT2D eigenvalue weighted by atomic mass is 16.5. The number of carbonyl (C=O) groups is 1. The molecule has 1 atom stereocenters. The average molecular weight is 368 g/mol. The highest BCUT2D eigenvalue weighted by molar-refractivity contribution is 5.76. The van der Waals surface area contributed by atoms with Crippen molar-refractivity contribution in [3.63, 3.8) is 0 Å². The molecule has 0 saturated carbocycles. The lowest BCUT2D eigenvalue weighted by molar-refractivity contribution is -0.133. The molecule has 0 fully saturated rings. The predicted molar refractivity (Wildman–Crippen MR) is 112 cm³/mol. The van der Waals surface area contributed by atoms with E-state index >= 15 is 0 Å². The average Bonchev–Trinajstić information content (AvgIpc) is 2.67. The quantitative estimate of drug-likeness (QED) is 0.643. The fourth-order valence-electron chi connectivity index (χ4n) is 3.22. The van der Waals surface area contributed by atoms with Gasteiger partial charge in [0.1, 0.15) is 5.75 Å². The van der Waals surface area contributed by atoms with Crippen LogP contribution in [0.25, 0.3) is 0 Å². The van der Waals surface area contributed by atoms with Gasteiger partial charge in [0.15, 0.2) is 0 Å². The Labute approximate surface area is 164 Å². The van der Waals surface area contributed by atoms with Crippen LogP contribution >= 0.6 is 0 Å². The molecule has 1 amide bonds. The molecule has 0 spiro atoms. The zero-order valence-corrected chi connectivity index (χ0v) is 17.6. The van der Waals surface area contributed by atoms with Gasteiger partial charge >= 0.3 is 0 Å². The van der Waals surface area contributed by atoms with Gasteiger partial charge in [-0.2, -0.15) is 0 Å². The molecule has 0 aliphatic rings. The van der Waals surface area contributed by atoms with Crippen LogP contribution in [0.2, 0.25) is 0 Å². The van der Waals surface area contributed by atoms with Crippen molar-refractivity contribution >= 4 is 5.91 Å². The second-order valence-corrected chi connectivity index (χ2v) is 8.09. The zero-order valence-electron chi connectivity index (χ0n) is 17.6. The minimum atomic E-state index is 0.0599. The third kappa shape index (κ3) is 5.59. The summed E-state index contributed by atoms with van der Waals surface area (Å²) in [4.78, 5) is 14.6. The van der Waals surface area contributed by atoms with E-state index in [1.165, 1.54) is 16.7 Å². The summed E-state index contributed by atoms with van der Waals surface area (Å²) in [5, 5.41) is 0. The van der Waals surface area contributed by atoms with Crippen molar-refractivity contribution < 1.29 is 9.53 Å². The van der Waals surface area contributed by atoms with Gasteiger partial charge in [-0.05, 0) is 47.6 Å². The summed E-state index contributed by atoms with van der Waals surface area (Å²) >= 11 is 0. The molecule has 0 heterocycles. The number of benzene rings is 2. The molecule has 0 aliphatic heterocycles. The molecule has 0 bridgehead atoms. The number of ether oxygens (including phenoxy) is 1. The van der Waals surface area contributed by atoms with E-state index in [0.29, 0.717) is 13.0 Å². The first-order valence-electron chi connectivity index (χ1n) is 9.79. The smallest absolute Gasteiger partial charge is 0.222 e. The van der Waals surface area contributed by atoms with Crippen molar-refractivity contribution in [2.45, 2.75) is 58.9 Å². The van der Waals surface area contributed by atoms with E-state index in [2.05, 4.69) is 64.1 Å². The van der Waals surface area contributed by atoms with Crippen LogP contribution in [0.3, 0.4) is 0 Å². The number of methoxy groups -OCH3 is 1. The zero-order chi connectivity index (χ0) is 20.0. The van der Waals surface area contributed by atoms with Crippen LogP contribution in [0.4, 0.5) is 0 Å². The lowest BCUT2D eigenvalue weighted by Gasteiger charge is -2.30. The van der Waals surface area contributed by atoms with Gasteiger partial charge in [-0.3, -0.25) is 4.79 Å². The maximum absolute atomic E-state index is 12.6. The lowest BCUT2D eigenvalue weighted by atomic mass is 9.86. The van der Waals surface area contributed by atoms with E-state index < -0.39 is 0 Å². The topological polar surface area (TPSA) is 29.5 Å². The molecule has 27 heavy (non-hydrogen) atoms. The lowest BCUT2D eigenvalue weighted by Crippen LogP contribution is -2.34. The second-order valence-electron chi connectivity index (χ2n) is 8.09. The van der Waals surface area contributed by atoms with Crippen LogP contribution in [0, 0.1) is 0 Å². The first-order chi connectivity index (χ1) is 12.8. The molecule has 2 rings (SSSR count). The Morgan fingerprint density at radius 3 is 2.11 bits per heavy atom. The van der Waals surface area contributed by atoms with Crippen molar-refractivity contribution in [1.29, 1.82) is 0 Å². The molecular weight excluding hydrogens is 334 g/mol. The van der Waals surface area contributed by atoms with E-state index in [1.54, 1.807) is 7.11 Å². The van der Waals surface area contributed by atoms with Crippen LogP contribution in [0.1, 0.15) is 63.8 Å². The van der Waals surface area contributed by atoms with E-state index in [1.807, 2.05) is 24.0 Å². The Hall–Kier alpha value is -2.29. The van der Waals surface area contributed by atoms with Crippen LogP contribution in [-0.2, 0) is 16.6 Å². The van der Waals surface area contributed by atoms with Gasteiger partial charge in [0.2, 0.25) is 5.91 Å². The maximum atomic E-state index is 12.6. The van der Waals surface area contributed by atoms with Gasteiger partial charge in [-0.15, -0.1) is 0 Å². The minimum absolute atomic E-state index is 0.0599. The molecule has 3 heteroatoms. The Morgan fingerprint density at radius 2 is 1.63 bits per heavy atom. The normalized spacial score (nSPS) is 12.5. The molecule has 0 radical (unpaired) electrons. The van der Waals surface area contributed by atoms with Gasteiger partial charge in [-0.25, -0.2) is 0 Å². The fraction of sp³-hybridized carbons (Fsp3) is 0.458. The highest BCUT2D eigenvalue weighted by Gasteiger charge is 2.21. The number of rotatable bonds is 7. The van der Waals surface area contributed by atoms with Crippen molar-refractivity contribution in [3.8, 4) is 5.75 Å². The van der Waals surface area contributed by atoms with E-state index in [9.17, 15) is 4.79 Å². The Balaban J connectivity index is 2.13. The van der Waals surface area contributed by atoms with Crippen molar-refractivity contribution in [2.24, 2.45) is 0 Å². The third-order valence-corrected chi connectivity index (χ3v) is 5.15. The summed E-state index contributed by atoms with van der Waals surface area (Å²) in [5.74, 6) is 1.04. The molecule has 2 aromatic carbocycles. The summed E-state index contributed by atoms with van der Waals surface area (Å²) in [6.07, 6.45) is 1.35. The Morgan fingerprint density at radius 1 is 1.04 bits per heavy atom. The summed E-state index contributed by atoms with van der Waals surface area (Å²) in [6.45, 7) is 11.4. The van der Waals surface area contributed by atoms with Gasteiger partial charge < -0.3 is 9.64 Å². The molecule has 0 N–H and O–H groups in total. The van der Waals surface area contributed by atoms with Crippen LogP contribution in [0.5, 0.6) is 5.75 Å². The number of carbonyl (C=O) groups excluding carboxylic acids is 1. The molecule has 3 nitrogen and oxygen atoms in total. The third-order valence-electron chi connectivity index (χ3n) is 5.15. The van der Waals surface area contributed by atoms with Gasteiger partial charge in [-0.1, -0.05) is 64.1 Å². The predicted octanol–water partition coefficient (Wildman–Crippen LogP) is 5.54. The van der Waals surface area contributed by atoms with Crippen molar-refractivity contribution in [3.05, 3.63) is 65.2 Å². The largest absolute Gasteiger partial charge is 0.497 e. The Kier molecular flexibility index (Phi) is 7.06. The minimum Gasteiger partial charge on any atom is -0.497 e. The van der Waals surface area contributed by atoms with Crippen LogP contribution < -0.4 is 4.74 Å². The number of hydrogen-bond acceptors (Lipinski definition) is 2.